The smallest absolute Gasteiger partial charge is 0.191 e. The van der Waals surface area contributed by atoms with Crippen molar-refractivity contribution in [3.63, 3.8) is 0 Å². The van der Waals surface area contributed by atoms with E-state index in [9.17, 15) is 4.21 Å². The first-order valence-electron chi connectivity index (χ1n) is 8.87. The van der Waals surface area contributed by atoms with Gasteiger partial charge < -0.3 is 15.6 Å². The van der Waals surface area contributed by atoms with Crippen LogP contribution in [0.5, 0.6) is 0 Å². The van der Waals surface area contributed by atoms with Gasteiger partial charge in [0.25, 0.3) is 0 Å². The van der Waals surface area contributed by atoms with E-state index in [1.165, 1.54) is 16.5 Å². The SMILES string of the molecule is CCNC(=NCCS(=O)C(C)(C)C)NCCc1c[nH]c2ccccc12. The van der Waals surface area contributed by atoms with Crippen LogP contribution >= 0.6 is 0 Å². The molecular weight excluding hydrogens is 332 g/mol. The quantitative estimate of drug-likeness (QED) is 0.524. The monoisotopic (exact) mass is 362 g/mol. The number of aromatic nitrogens is 1. The highest BCUT2D eigenvalue weighted by Crippen LogP contribution is 2.17. The Morgan fingerprint density at radius 3 is 2.72 bits per heavy atom. The average molecular weight is 363 g/mol. The molecular formula is C19H30N4OS. The van der Waals surface area contributed by atoms with Crippen LogP contribution in [0, 0.1) is 0 Å². The Morgan fingerprint density at radius 1 is 1.24 bits per heavy atom. The topological polar surface area (TPSA) is 69.3 Å². The van der Waals surface area contributed by atoms with Gasteiger partial charge in [0.2, 0.25) is 0 Å². The lowest BCUT2D eigenvalue weighted by atomic mass is 10.1. The zero-order valence-corrected chi connectivity index (χ0v) is 16.5. The van der Waals surface area contributed by atoms with E-state index >= 15 is 0 Å². The van der Waals surface area contributed by atoms with Crippen LogP contribution in [0.1, 0.15) is 33.3 Å². The minimum absolute atomic E-state index is 0.184. The fourth-order valence-electron chi connectivity index (χ4n) is 2.54. The van der Waals surface area contributed by atoms with E-state index in [1.807, 2.05) is 33.8 Å². The predicted octanol–water partition coefficient (Wildman–Crippen LogP) is 2.81. The number of guanidine groups is 1. The Hall–Kier alpha value is -1.82. The number of aromatic amines is 1. The minimum Gasteiger partial charge on any atom is -0.361 e. The van der Waals surface area contributed by atoms with Gasteiger partial charge in [0.15, 0.2) is 5.96 Å². The number of hydrogen-bond acceptors (Lipinski definition) is 2. The largest absolute Gasteiger partial charge is 0.361 e. The third kappa shape index (κ3) is 5.88. The predicted molar refractivity (Wildman–Crippen MR) is 109 cm³/mol. The highest BCUT2D eigenvalue weighted by molar-refractivity contribution is 7.86. The molecule has 2 aromatic rings. The maximum absolute atomic E-state index is 12.1. The average Bonchev–Trinajstić information content (AvgIpc) is 2.97. The number of rotatable bonds is 7. The van der Waals surface area contributed by atoms with Crippen molar-refractivity contribution in [2.24, 2.45) is 4.99 Å². The minimum atomic E-state index is -0.870. The molecule has 0 spiro atoms. The molecule has 0 saturated heterocycles. The molecule has 0 radical (unpaired) electrons. The van der Waals surface area contributed by atoms with E-state index in [-0.39, 0.29) is 4.75 Å². The van der Waals surface area contributed by atoms with E-state index in [1.54, 1.807) is 0 Å². The van der Waals surface area contributed by atoms with Gasteiger partial charge in [-0.2, -0.15) is 0 Å². The molecule has 0 amide bonds. The van der Waals surface area contributed by atoms with Crippen LogP contribution in [0.3, 0.4) is 0 Å². The molecule has 1 unspecified atom stereocenters. The molecule has 1 atom stereocenters. The molecule has 2 rings (SSSR count). The van der Waals surface area contributed by atoms with E-state index in [0.29, 0.717) is 12.3 Å². The van der Waals surface area contributed by atoms with E-state index in [2.05, 4.69) is 45.0 Å². The summed E-state index contributed by atoms with van der Waals surface area (Å²) < 4.78 is 11.9. The zero-order valence-electron chi connectivity index (χ0n) is 15.7. The number of fused-ring (bicyclic) bond motifs is 1. The molecule has 138 valence electrons. The standard InChI is InChI=1S/C19H30N4OS/c1-5-20-18(22-12-13-25(24)19(2,3)4)21-11-10-15-14-23-17-9-7-6-8-16(15)17/h6-9,14,23H,5,10-13H2,1-4H3,(H2,20,21,22). The molecule has 0 bridgehead atoms. The van der Waals surface area contributed by atoms with Crippen molar-refractivity contribution in [3.8, 4) is 0 Å². The summed E-state index contributed by atoms with van der Waals surface area (Å²) in [6, 6.07) is 8.34. The van der Waals surface area contributed by atoms with Crippen molar-refractivity contribution in [2.45, 2.75) is 38.9 Å². The molecule has 5 nitrogen and oxygen atoms in total. The Morgan fingerprint density at radius 2 is 2.00 bits per heavy atom. The maximum atomic E-state index is 12.1. The highest BCUT2D eigenvalue weighted by Gasteiger charge is 2.18. The second-order valence-electron chi connectivity index (χ2n) is 6.96. The zero-order chi connectivity index (χ0) is 18.3. The van der Waals surface area contributed by atoms with E-state index in [4.69, 9.17) is 0 Å². The number of aliphatic imine (C=N–C) groups is 1. The first kappa shape index (κ1) is 19.5. The van der Waals surface area contributed by atoms with E-state index < -0.39 is 10.8 Å². The molecule has 0 aliphatic rings. The van der Waals surface area contributed by atoms with Gasteiger partial charge >= 0.3 is 0 Å². The Bertz CT molecular complexity index is 730. The summed E-state index contributed by atoms with van der Waals surface area (Å²) in [4.78, 5) is 7.85. The number of benzene rings is 1. The molecule has 3 N–H and O–H groups in total. The van der Waals surface area contributed by atoms with Crippen molar-refractivity contribution in [2.75, 3.05) is 25.4 Å². The summed E-state index contributed by atoms with van der Waals surface area (Å²) in [7, 11) is -0.870. The number of hydrogen-bond donors (Lipinski definition) is 3. The van der Waals surface area contributed by atoms with Gasteiger partial charge in [0.1, 0.15) is 0 Å². The van der Waals surface area contributed by atoms with Crippen LogP contribution in [0.4, 0.5) is 0 Å². The van der Waals surface area contributed by atoms with Crippen molar-refractivity contribution >= 4 is 27.7 Å². The first-order chi connectivity index (χ1) is 11.9. The summed E-state index contributed by atoms with van der Waals surface area (Å²) in [6.07, 6.45) is 2.99. The van der Waals surface area contributed by atoms with Crippen LogP contribution in [0.2, 0.25) is 0 Å². The van der Waals surface area contributed by atoms with Gasteiger partial charge in [-0.25, -0.2) is 0 Å². The van der Waals surface area contributed by atoms with Crippen molar-refractivity contribution < 1.29 is 4.21 Å². The molecule has 0 aliphatic carbocycles. The Balaban J connectivity index is 1.86. The van der Waals surface area contributed by atoms with Crippen molar-refractivity contribution in [1.29, 1.82) is 0 Å². The molecule has 0 aliphatic heterocycles. The van der Waals surface area contributed by atoms with Gasteiger partial charge in [-0.3, -0.25) is 9.20 Å². The molecule has 0 saturated carbocycles. The molecule has 6 heteroatoms. The maximum Gasteiger partial charge on any atom is 0.191 e. The number of nitrogens with zero attached hydrogens (tertiary/aromatic N) is 1. The summed E-state index contributed by atoms with van der Waals surface area (Å²) in [5, 5.41) is 7.88. The van der Waals surface area contributed by atoms with Gasteiger partial charge in [0.05, 0.1) is 6.54 Å². The Kier molecular flexibility index (Phi) is 7.05. The number of para-hydroxylation sites is 1. The highest BCUT2D eigenvalue weighted by atomic mass is 32.2. The lowest BCUT2D eigenvalue weighted by Gasteiger charge is -2.17. The van der Waals surface area contributed by atoms with Crippen LogP contribution in [-0.4, -0.2) is 45.3 Å². The lowest BCUT2D eigenvalue weighted by Crippen LogP contribution is -2.38. The second-order valence-corrected chi connectivity index (χ2v) is 9.28. The number of nitrogens with one attached hydrogen (secondary N) is 3. The van der Waals surface area contributed by atoms with Crippen molar-refractivity contribution in [1.82, 2.24) is 15.6 Å². The van der Waals surface area contributed by atoms with Crippen LogP contribution < -0.4 is 10.6 Å². The van der Waals surface area contributed by atoms with Gasteiger partial charge in [-0.15, -0.1) is 0 Å². The molecule has 25 heavy (non-hydrogen) atoms. The van der Waals surface area contributed by atoms with Crippen LogP contribution in [-0.2, 0) is 17.2 Å². The lowest BCUT2D eigenvalue weighted by molar-refractivity contribution is 0.648. The third-order valence-corrected chi connectivity index (χ3v) is 5.85. The van der Waals surface area contributed by atoms with Gasteiger partial charge in [-0.05, 0) is 45.7 Å². The first-order valence-corrected chi connectivity index (χ1v) is 10.2. The molecule has 1 aromatic carbocycles. The normalized spacial score (nSPS) is 13.8. The molecule has 1 aromatic heterocycles. The summed E-state index contributed by atoms with van der Waals surface area (Å²) in [5.74, 6) is 1.37. The Labute approximate surface area is 153 Å². The molecule has 0 fully saturated rings. The van der Waals surface area contributed by atoms with E-state index in [0.717, 1.165) is 25.5 Å². The van der Waals surface area contributed by atoms with Gasteiger partial charge in [0, 0.05) is 51.5 Å². The summed E-state index contributed by atoms with van der Waals surface area (Å²) in [5.41, 5.74) is 2.47. The van der Waals surface area contributed by atoms with Crippen LogP contribution in [0.25, 0.3) is 10.9 Å². The fraction of sp³-hybridized carbons (Fsp3) is 0.526. The number of H-pyrrole nitrogens is 1. The van der Waals surface area contributed by atoms with Gasteiger partial charge in [-0.1, -0.05) is 18.2 Å². The van der Waals surface area contributed by atoms with Crippen LogP contribution in [0.15, 0.2) is 35.5 Å². The molecule has 1 heterocycles. The summed E-state index contributed by atoms with van der Waals surface area (Å²) >= 11 is 0. The third-order valence-electron chi connectivity index (χ3n) is 3.94. The fourth-order valence-corrected chi connectivity index (χ4v) is 3.41. The second kappa shape index (κ2) is 9.04. The summed E-state index contributed by atoms with van der Waals surface area (Å²) in [6.45, 7) is 10.2. The van der Waals surface area contributed by atoms with Crippen molar-refractivity contribution in [3.05, 3.63) is 36.0 Å².